The number of aromatic nitrogens is 1. The van der Waals surface area contributed by atoms with Gasteiger partial charge < -0.3 is 15.1 Å². The van der Waals surface area contributed by atoms with E-state index in [4.69, 9.17) is 9.62 Å². The summed E-state index contributed by atoms with van der Waals surface area (Å²) in [5, 5.41) is 15.1. The molecular weight excluding hydrogens is 414 g/mol. The molecule has 2 heterocycles. The van der Waals surface area contributed by atoms with Crippen LogP contribution in [-0.2, 0) is 15.3 Å². The lowest BCUT2D eigenvalue weighted by molar-refractivity contribution is -0.129. The van der Waals surface area contributed by atoms with Crippen molar-refractivity contribution >= 4 is 46.1 Å². The van der Waals surface area contributed by atoms with Crippen molar-refractivity contribution < 1.29 is 19.2 Å². The standard InChI is InChI=1S/C18H27N5O4S2/c1-12(2)13-9-20-16(27-13)11-28-17-10-21-18(29-17)22-14(24)5-3-7-19-8-4-6-15(25)23-26/h9,17,19,26H,1,3-8,10-11H2,2H3,(H,23,25)(H,21,22,24). The second kappa shape index (κ2) is 12.7. The normalized spacial score (nSPS) is 15.8. The summed E-state index contributed by atoms with van der Waals surface area (Å²) < 4.78 is 5.83. The molecular formula is C18H27N5O4S2. The van der Waals surface area contributed by atoms with Crippen LogP contribution in [0.3, 0.4) is 0 Å². The molecule has 1 unspecified atom stereocenters. The minimum Gasteiger partial charge on any atom is -0.440 e. The fourth-order valence-electron chi connectivity index (χ4n) is 2.36. The van der Waals surface area contributed by atoms with Gasteiger partial charge in [0.2, 0.25) is 17.7 Å². The fourth-order valence-corrected chi connectivity index (χ4v) is 4.47. The highest BCUT2D eigenvalue weighted by Gasteiger charge is 2.22. The zero-order valence-electron chi connectivity index (χ0n) is 16.4. The highest BCUT2D eigenvalue weighted by atomic mass is 32.2. The van der Waals surface area contributed by atoms with Crippen LogP contribution in [0, 0.1) is 0 Å². The van der Waals surface area contributed by atoms with Crippen LogP contribution in [0.2, 0.25) is 0 Å². The summed E-state index contributed by atoms with van der Waals surface area (Å²) >= 11 is 3.23. The number of oxazole rings is 1. The number of thioether (sulfide) groups is 2. The van der Waals surface area contributed by atoms with E-state index in [1.165, 1.54) is 0 Å². The van der Waals surface area contributed by atoms with E-state index in [-0.39, 0.29) is 16.9 Å². The molecule has 29 heavy (non-hydrogen) atoms. The van der Waals surface area contributed by atoms with Crippen molar-refractivity contribution in [3.63, 3.8) is 0 Å². The van der Waals surface area contributed by atoms with E-state index in [1.54, 1.807) is 35.2 Å². The molecule has 2 amide bonds. The topological polar surface area (TPSA) is 129 Å². The molecule has 0 bridgehead atoms. The minimum absolute atomic E-state index is 0.0536. The van der Waals surface area contributed by atoms with Crippen molar-refractivity contribution in [1.82, 2.24) is 21.1 Å². The van der Waals surface area contributed by atoms with Crippen LogP contribution in [0.1, 0.15) is 44.3 Å². The molecule has 1 aliphatic heterocycles. The van der Waals surface area contributed by atoms with E-state index >= 15 is 0 Å². The zero-order chi connectivity index (χ0) is 21.1. The highest BCUT2D eigenvalue weighted by Crippen LogP contribution is 2.32. The molecule has 1 aromatic heterocycles. The monoisotopic (exact) mass is 441 g/mol. The van der Waals surface area contributed by atoms with Crippen molar-refractivity contribution in [3.8, 4) is 0 Å². The molecule has 1 atom stereocenters. The molecule has 2 rings (SSSR count). The van der Waals surface area contributed by atoms with Gasteiger partial charge in [0, 0.05) is 12.8 Å². The Hall–Kier alpha value is -1.82. The van der Waals surface area contributed by atoms with Crippen molar-refractivity contribution in [3.05, 3.63) is 24.4 Å². The number of hydroxylamine groups is 1. The maximum absolute atomic E-state index is 12.0. The molecule has 0 aliphatic carbocycles. The zero-order valence-corrected chi connectivity index (χ0v) is 18.0. The molecule has 0 spiro atoms. The first-order chi connectivity index (χ1) is 14.0. The summed E-state index contributed by atoms with van der Waals surface area (Å²) in [6, 6.07) is 0. The number of carbonyl (C=O) groups is 2. The Morgan fingerprint density at radius 3 is 2.72 bits per heavy atom. The average Bonchev–Trinajstić information content (AvgIpc) is 3.34. The van der Waals surface area contributed by atoms with Gasteiger partial charge in [0.25, 0.3) is 0 Å². The van der Waals surface area contributed by atoms with E-state index < -0.39 is 5.91 Å². The van der Waals surface area contributed by atoms with Gasteiger partial charge in [-0.2, -0.15) is 0 Å². The van der Waals surface area contributed by atoms with Crippen molar-refractivity contribution in [1.29, 1.82) is 0 Å². The van der Waals surface area contributed by atoms with E-state index in [0.29, 0.717) is 61.5 Å². The van der Waals surface area contributed by atoms with Crippen LogP contribution in [0.25, 0.3) is 5.57 Å². The number of nitrogens with zero attached hydrogens (tertiary/aromatic N) is 2. The summed E-state index contributed by atoms with van der Waals surface area (Å²) in [6.07, 6.45) is 3.69. The Kier molecular flexibility index (Phi) is 10.3. The Morgan fingerprint density at radius 2 is 2.07 bits per heavy atom. The largest absolute Gasteiger partial charge is 0.440 e. The van der Waals surface area contributed by atoms with Crippen molar-refractivity contribution in [2.45, 2.75) is 42.9 Å². The van der Waals surface area contributed by atoms with E-state index in [0.717, 1.165) is 5.57 Å². The fraction of sp³-hybridized carbons (Fsp3) is 0.556. The van der Waals surface area contributed by atoms with Crippen LogP contribution in [0.5, 0.6) is 0 Å². The van der Waals surface area contributed by atoms with E-state index in [9.17, 15) is 9.59 Å². The summed E-state index contributed by atoms with van der Waals surface area (Å²) in [4.78, 5) is 31.5. The Bertz CT molecular complexity index is 738. The molecule has 0 radical (unpaired) electrons. The van der Waals surface area contributed by atoms with Gasteiger partial charge in [0.05, 0.1) is 23.1 Å². The molecule has 0 fully saturated rings. The van der Waals surface area contributed by atoms with Gasteiger partial charge in [-0.15, -0.1) is 11.8 Å². The summed E-state index contributed by atoms with van der Waals surface area (Å²) in [7, 11) is 0. The Balaban J connectivity index is 1.52. The first kappa shape index (κ1) is 23.5. The molecule has 11 heteroatoms. The van der Waals surface area contributed by atoms with Gasteiger partial charge in [0.1, 0.15) is 5.76 Å². The summed E-state index contributed by atoms with van der Waals surface area (Å²) in [6.45, 7) is 7.70. The van der Waals surface area contributed by atoms with Crippen molar-refractivity contribution in [2.75, 3.05) is 19.6 Å². The molecule has 9 nitrogen and oxygen atoms in total. The number of rotatable bonds is 12. The second-order valence-electron chi connectivity index (χ2n) is 6.44. The maximum atomic E-state index is 12.0. The smallest absolute Gasteiger partial charge is 0.243 e. The number of amidine groups is 1. The van der Waals surface area contributed by atoms with Crippen LogP contribution in [-0.4, -0.2) is 51.4 Å². The molecule has 4 N–H and O–H groups in total. The third-order valence-corrected chi connectivity index (χ3v) is 6.38. The van der Waals surface area contributed by atoms with Gasteiger partial charge in [0.15, 0.2) is 5.17 Å². The van der Waals surface area contributed by atoms with E-state index in [2.05, 4.69) is 27.2 Å². The van der Waals surface area contributed by atoms with Crippen molar-refractivity contribution in [2.24, 2.45) is 4.99 Å². The Morgan fingerprint density at radius 1 is 1.34 bits per heavy atom. The quantitative estimate of drug-likeness (QED) is 0.221. The van der Waals surface area contributed by atoms with Crippen LogP contribution >= 0.6 is 23.5 Å². The SMILES string of the molecule is C=C(C)c1cnc(CSC2CN=C(NC(=O)CCCNCCCC(=O)NO)S2)o1. The van der Waals surface area contributed by atoms with Gasteiger partial charge in [-0.3, -0.25) is 19.8 Å². The van der Waals surface area contributed by atoms with Gasteiger partial charge in [-0.05, 0) is 38.4 Å². The first-order valence-corrected chi connectivity index (χ1v) is 11.3. The lowest BCUT2D eigenvalue weighted by Gasteiger charge is -2.08. The lowest BCUT2D eigenvalue weighted by Crippen LogP contribution is -2.28. The van der Waals surface area contributed by atoms with Crippen LogP contribution in [0.4, 0.5) is 0 Å². The van der Waals surface area contributed by atoms with Gasteiger partial charge >= 0.3 is 0 Å². The molecule has 0 saturated carbocycles. The summed E-state index contributed by atoms with van der Waals surface area (Å²) in [5.41, 5.74) is 2.44. The number of aliphatic imine (C=N–C) groups is 1. The molecule has 1 aliphatic rings. The lowest BCUT2D eigenvalue weighted by atomic mass is 10.2. The first-order valence-electron chi connectivity index (χ1n) is 9.34. The van der Waals surface area contributed by atoms with Crippen LogP contribution < -0.4 is 16.1 Å². The number of carbonyl (C=O) groups excluding carboxylic acids is 2. The predicted molar refractivity (Wildman–Crippen MR) is 116 cm³/mol. The number of hydrogen-bond donors (Lipinski definition) is 4. The molecule has 1 aromatic rings. The van der Waals surface area contributed by atoms with Crippen LogP contribution in [0.15, 0.2) is 22.2 Å². The van der Waals surface area contributed by atoms with Gasteiger partial charge in [-0.25, -0.2) is 10.5 Å². The number of amides is 2. The maximum Gasteiger partial charge on any atom is 0.243 e. The Labute approximate surface area is 178 Å². The number of nitrogens with one attached hydrogen (secondary N) is 3. The predicted octanol–water partition coefficient (Wildman–Crippen LogP) is 2.14. The highest BCUT2D eigenvalue weighted by molar-refractivity contribution is 8.25. The molecule has 0 saturated heterocycles. The number of hydrogen-bond acceptors (Lipinski definition) is 9. The average molecular weight is 442 g/mol. The van der Waals surface area contributed by atoms with Gasteiger partial charge in [-0.1, -0.05) is 18.3 Å². The second-order valence-corrected chi connectivity index (χ2v) is 9.12. The summed E-state index contributed by atoms with van der Waals surface area (Å²) in [5.74, 6) is 1.56. The molecule has 160 valence electrons. The molecule has 0 aromatic carbocycles. The van der Waals surface area contributed by atoms with E-state index in [1.807, 2.05) is 6.92 Å². The number of allylic oxidation sites excluding steroid dienone is 1. The third-order valence-electron chi connectivity index (χ3n) is 3.88. The minimum atomic E-state index is -0.394. The third kappa shape index (κ3) is 9.03.